The van der Waals surface area contributed by atoms with E-state index in [2.05, 4.69) is 16.9 Å². The van der Waals surface area contributed by atoms with Crippen LogP contribution in [-0.4, -0.2) is 48.7 Å². The molecule has 0 radical (unpaired) electrons. The van der Waals surface area contributed by atoms with Gasteiger partial charge >= 0.3 is 5.97 Å². The number of carbonyl (C=O) groups excluding carboxylic acids is 1. The van der Waals surface area contributed by atoms with Crippen LogP contribution in [0.5, 0.6) is 0 Å². The van der Waals surface area contributed by atoms with E-state index in [0.717, 1.165) is 13.0 Å². The summed E-state index contributed by atoms with van der Waals surface area (Å²) in [6, 6.07) is 0.279. The van der Waals surface area contributed by atoms with Crippen molar-refractivity contribution in [3.05, 3.63) is 11.3 Å². The third-order valence-electron chi connectivity index (χ3n) is 5.75. The van der Waals surface area contributed by atoms with Crippen molar-refractivity contribution in [2.24, 2.45) is 5.92 Å². The van der Waals surface area contributed by atoms with Crippen LogP contribution in [0.4, 0.5) is 20.5 Å². The van der Waals surface area contributed by atoms with Crippen molar-refractivity contribution in [3.8, 4) is 0 Å². The zero-order valence-electron chi connectivity index (χ0n) is 15.2. The van der Waals surface area contributed by atoms with E-state index in [1.165, 1.54) is 7.11 Å². The number of hydrogen-bond donors (Lipinski definition) is 0. The Bertz CT molecular complexity index is 721. The van der Waals surface area contributed by atoms with Crippen molar-refractivity contribution in [1.29, 1.82) is 0 Å². The Morgan fingerprint density at radius 1 is 1.35 bits per heavy atom. The Kier molecular flexibility index (Phi) is 4.23. The normalized spacial score (nSPS) is 24.5. The molecule has 1 aromatic heterocycles. The molecule has 3 aliphatic rings. The number of anilines is 2. The minimum atomic E-state index is -2.90. The Morgan fingerprint density at radius 2 is 2.12 bits per heavy atom. The Labute approximate surface area is 151 Å². The van der Waals surface area contributed by atoms with Crippen molar-refractivity contribution < 1.29 is 18.3 Å². The smallest absolute Gasteiger partial charge is 0.305 e. The Hall–Kier alpha value is -1.99. The van der Waals surface area contributed by atoms with E-state index in [9.17, 15) is 13.6 Å². The molecule has 2 aliphatic heterocycles. The van der Waals surface area contributed by atoms with Crippen LogP contribution >= 0.6 is 0 Å². The third kappa shape index (κ3) is 2.89. The standard InChI is InChI=1S/C18H24F2N4O2/c1-11-5-7-24(11)17-21-15-13(4-3-6-18(15,19)20)16(22-17)23-9-12(10-23)8-14(25)26-2/h11-12H,3-10H2,1-2H3/t11-/m0/s1. The first-order chi connectivity index (χ1) is 12.4. The minimum Gasteiger partial charge on any atom is -0.469 e. The molecule has 0 unspecified atom stereocenters. The SMILES string of the molecule is COC(=O)CC1CN(c2nc(N3CC[C@@H]3C)nc3c2CCCC3(F)F)C1. The second kappa shape index (κ2) is 6.32. The van der Waals surface area contributed by atoms with Crippen LogP contribution in [0.2, 0.25) is 0 Å². The maximum Gasteiger partial charge on any atom is 0.305 e. The number of rotatable bonds is 4. The van der Waals surface area contributed by atoms with Crippen LogP contribution in [0, 0.1) is 5.92 Å². The fourth-order valence-corrected chi connectivity index (χ4v) is 3.99. The molecule has 26 heavy (non-hydrogen) atoms. The highest BCUT2D eigenvalue weighted by Crippen LogP contribution is 2.44. The van der Waals surface area contributed by atoms with Crippen LogP contribution in [0.1, 0.15) is 43.9 Å². The second-order valence-corrected chi connectivity index (χ2v) is 7.61. The molecular weight excluding hydrogens is 342 g/mol. The first-order valence-electron chi connectivity index (χ1n) is 9.26. The molecule has 1 aromatic rings. The highest BCUT2D eigenvalue weighted by molar-refractivity contribution is 5.70. The van der Waals surface area contributed by atoms with Gasteiger partial charge in [-0.05, 0) is 26.2 Å². The highest BCUT2D eigenvalue weighted by atomic mass is 19.3. The molecular formula is C18H24F2N4O2. The fourth-order valence-electron chi connectivity index (χ4n) is 3.99. The summed E-state index contributed by atoms with van der Waals surface area (Å²) in [5.74, 6) is -1.91. The molecule has 3 heterocycles. The van der Waals surface area contributed by atoms with E-state index in [1.54, 1.807) is 0 Å². The van der Waals surface area contributed by atoms with E-state index in [4.69, 9.17) is 4.74 Å². The average molecular weight is 366 g/mol. The zero-order chi connectivity index (χ0) is 18.5. The fraction of sp³-hybridized carbons (Fsp3) is 0.722. The number of halogens is 2. The lowest BCUT2D eigenvalue weighted by Crippen LogP contribution is -2.50. The van der Waals surface area contributed by atoms with Crippen LogP contribution in [-0.2, 0) is 21.9 Å². The van der Waals surface area contributed by atoms with Gasteiger partial charge in [-0.3, -0.25) is 4.79 Å². The summed E-state index contributed by atoms with van der Waals surface area (Å²) in [7, 11) is 1.38. The summed E-state index contributed by atoms with van der Waals surface area (Å²) in [6.07, 6.45) is 2.24. The van der Waals surface area contributed by atoms with Gasteiger partial charge in [0.1, 0.15) is 11.5 Å². The minimum absolute atomic E-state index is 0.0979. The largest absolute Gasteiger partial charge is 0.469 e. The van der Waals surface area contributed by atoms with Crippen LogP contribution < -0.4 is 9.80 Å². The van der Waals surface area contributed by atoms with Gasteiger partial charge in [0, 0.05) is 43.6 Å². The summed E-state index contributed by atoms with van der Waals surface area (Å²) in [5, 5.41) is 0. The number of esters is 1. The molecule has 0 N–H and O–H groups in total. The highest BCUT2D eigenvalue weighted by Gasteiger charge is 2.43. The first kappa shape index (κ1) is 17.4. The van der Waals surface area contributed by atoms with Gasteiger partial charge in [0.05, 0.1) is 13.5 Å². The van der Waals surface area contributed by atoms with E-state index >= 15 is 0 Å². The van der Waals surface area contributed by atoms with Crippen molar-refractivity contribution in [3.63, 3.8) is 0 Å². The summed E-state index contributed by atoms with van der Waals surface area (Å²) < 4.78 is 33.8. The predicted molar refractivity (Wildman–Crippen MR) is 92.6 cm³/mol. The lowest BCUT2D eigenvalue weighted by Gasteiger charge is -2.43. The summed E-state index contributed by atoms with van der Waals surface area (Å²) in [5.41, 5.74) is 0.481. The van der Waals surface area contributed by atoms with Crippen LogP contribution in [0.15, 0.2) is 0 Å². The lowest BCUT2D eigenvalue weighted by molar-refractivity contribution is -0.141. The van der Waals surface area contributed by atoms with Gasteiger partial charge in [-0.25, -0.2) is 4.98 Å². The van der Waals surface area contributed by atoms with Gasteiger partial charge in [-0.1, -0.05) is 0 Å². The number of hydrogen-bond acceptors (Lipinski definition) is 6. The van der Waals surface area contributed by atoms with E-state index < -0.39 is 5.92 Å². The molecule has 1 atom stereocenters. The lowest BCUT2D eigenvalue weighted by atomic mass is 9.90. The molecule has 0 spiro atoms. The maximum absolute atomic E-state index is 14.5. The summed E-state index contributed by atoms with van der Waals surface area (Å²) >= 11 is 0. The molecule has 6 nitrogen and oxygen atoms in total. The summed E-state index contributed by atoms with van der Waals surface area (Å²) in [4.78, 5) is 24.4. The number of ether oxygens (including phenoxy) is 1. The molecule has 1 aliphatic carbocycles. The average Bonchev–Trinajstić information content (AvgIpc) is 2.56. The maximum atomic E-state index is 14.5. The third-order valence-corrected chi connectivity index (χ3v) is 5.75. The van der Waals surface area contributed by atoms with Gasteiger partial charge in [-0.2, -0.15) is 13.8 Å². The summed E-state index contributed by atoms with van der Waals surface area (Å²) in [6.45, 7) is 4.13. The zero-order valence-corrected chi connectivity index (χ0v) is 15.2. The van der Waals surface area contributed by atoms with Gasteiger partial charge in [0.15, 0.2) is 0 Å². The van der Waals surface area contributed by atoms with Gasteiger partial charge in [-0.15, -0.1) is 0 Å². The monoisotopic (exact) mass is 366 g/mol. The van der Waals surface area contributed by atoms with Crippen LogP contribution in [0.3, 0.4) is 0 Å². The number of carbonyl (C=O) groups is 1. The molecule has 0 amide bonds. The number of methoxy groups -OCH3 is 1. The first-order valence-corrected chi connectivity index (χ1v) is 9.26. The quantitative estimate of drug-likeness (QED) is 0.763. The van der Waals surface area contributed by atoms with Crippen molar-refractivity contribution in [2.75, 3.05) is 36.5 Å². The topological polar surface area (TPSA) is 58.6 Å². The Morgan fingerprint density at radius 3 is 2.73 bits per heavy atom. The molecule has 2 saturated heterocycles. The molecule has 0 saturated carbocycles. The number of aromatic nitrogens is 2. The molecule has 0 aromatic carbocycles. The number of fused-ring (bicyclic) bond motifs is 1. The predicted octanol–water partition coefficient (Wildman–Crippen LogP) is 2.50. The molecule has 0 bridgehead atoms. The van der Waals surface area contributed by atoms with E-state index in [0.29, 0.717) is 49.7 Å². The Balaban J connectivity index is 1.63. The van der Waals surface area contributed by atoms with E-state index in [-0.39, 0.29) is 30.0 Å². The van der Waals surface area contributed by atoms with E-state index in [1.807, 2.05) is 9.80 Å². The van der Waals surface area contributed by atoms with Gasteiger partial charge < -0.3 is 14.5 Å². The molecule has 8 heteroatoms. The van der Waals surface area contributed by atoms with Crippen molar-refractivity contribution in [1.82, 2.24) is 9.97 Å². The van der Waals surface area contributed by atoms with Gasteiger partial charge in [0.25, 0.3) is 5.92 Å². The molecule has 4 rings (SSSR count). The second-order valence-electron chi connectivity index (χ2n) is 7.61. The molecule has 142 valence electrons. The van der Waals surface area contributed by atoms with Crippen LogP contribution in [0.25, 0.3) is 0 Å². The van der Waals surface area contributed by atoms with Gasteiger partial charge in [0.2, 0.25) is 5.95 Å². The molecule has 2 fully saturated rings. The number of nitrogens with zero attached hydrogens (tertiary/aromatic N) is 4. The van der Waals surface area contributed by atoms with Crippen molar-refractivity contribution in [2.45, 2.75) is 51.0 Å². The number of alkyl halides is 2. The van der Waals surface area contributed by atoms with Crippen molar-refractivity contribution >= 4 is 17.7 Å².